The van der Waals surface area contributed by atoms with E-state index >= 15 is 0 Å². The van der Waals surface area contributed by atoms with Crippen LogP contribution in [0.4, 0.5) is 5.00 Å². The molecule has 1 aliphatic rings. The zero-order valence-corrected chi connectivity index (χ0v) is 19.8. The summed E-state index contributed by atoms with van der Waals surface area (Å²) in [4.78, 5) is 30.4. The number of benzene rings is 2. The highest BCUT2D eigenvalue weighted by atomic mass is 32.1. The van der Waals surface area contributed by atoms with Gasteiger partial charge in [-0.05, 0) is 61.1 Å². The molecule has 6 nitrogen and oxygen atoms in total. The molecule has 0 fully saturated rings. The van der Waals surface area contributed by atoms with Gasteiger partial charge in [0, 0.05) is 17.0 Å². The third-order valence-electron chi connectivity index (χ3n) is 6.01. The summed E-state index contributed by atoms with van der Waals surface area (Å²) in [6, 6.07) is 20.0. The van der Waals surface area contributed by atoms with E-state index in [1.165, 1.54) is 4.88 Å². The molecule has 0 aliphatic heterocycles. The molecule has 2 N–H and O–H groups in total. The largest absolute Gasteiger partial charge is 0.478 e. The second kappa shape index (κ2) is 10.1. The number of hydrogen-bond acceptors (Lipinski definition) is 5. The van der Waals surface area contributed by atoms with Crippen LogP contribution >= 0.6 is 11.3 Å². The summed E-state index contributed by atoms with van der Waals surface area (Å²) in [6.07, 6.45) is 5.68. The van der Waals surface area contributed by atoms with E-state index < -0.39 is 5.97 Å². The number of carbonyl (C=O) groups is 2. The highest BCUT2D eigenvalue weighted by Crippen LogP contribution is 2.40. The number of carbonyl (C=O) groups excluding carboxylic acids is 1. The molecule has 5 rings (SSSR count). The van der Waals surface area contributed by atoms with E-state index in [0.717, 1.165) is 36.8 Å². The van der Waals surface area contributed by atoms with Crippen LogP contribution in [0, 0.1) is 0 Å². The van der Waals surface area contributed by atoms with Crippen LogP contribution in [0.5, 0.6) is 0 Å². The maximum Gasteiger partial charge on any atom is 0.335 e. The van der Waals surface area contributed by atoms with Crippen LogP contribution in [0.1, 0.15) is 55.3 Å². The molecule has 0 spiro atoms. The zero-order valence-electron chi connectivity index (χ0n) is 19.0. The number of aliphatic imine (C=N–C) groups is 1. The molecule has 2 aromatic carbocycles. The molecule has 35 heavy (non-hydrogen) atoms. The van der Waals surface area contributed by atoms with Crippen LogP contribution in [0.25, 0.3) is 11.3 Å². The Balaban J connectivity index is 1.39. The molecule has 4 aromatic rings. The van der Waals surface area contributed by atoms with Crippen LogP contribution in [-0.4, -0.2) is 23.2 Å². The predicted octanol–water partition coefficient (Wildman–Crippen LogP) is 6.27. The molecule has 2 aromatic heterocycles. The van der Waals surface area contributed by atoms with Crippen molar-refractivity contribution in [1.29, 1.82) is 0 Å². The lowest BCUT2D eigenvalue weighted by atomic mass is 9.95. The summed E-state index contributed by atoms with van der Waals surface area (Å²) in [5, 5.41) is 13.0. The first-order valence-electron chi connectivity index (χ1n) is 11.5. The Bertz CT molecular complexity index is 1400. The Morgan fingerprint density at radius 3 is 2.69 bits per heavy atom. The number of amides is 1. The van der Waals surface area contributed by atoms with Crippen LogP contribution in [-0.2, 0) is 19.4 Å². The fourth-order valence-corrected chi connectivity index (χ4v) is 5.48. The van der Waals surface area contributed by atoms with Gasteiger partial charge in [-0.25, -0.2) is 9.79 Å². The quantitative estimate of drug-likeness (QED) is 0.303. The molecule has 0 saturated carbocycles. The fourth-order valence-electron chi connectivity index (χ4n) is 4.25. The molecule has 0 atom stereocenters. The Hall–Kier alpha value is -3.97. The number of aryl methyl sites for hydroxylation is 1. The molecule has 176 valence electrons. The molecule has 2 heterocycles. The van der Waals surface area contributed by atoms with Gasteiger partial charge < -0.3 is 14.8 Å². The molecule has 0 unspecified atom stereocenters. The lowest BCUT2D eigenvalue weighted by Crippen LogP contribution is -2.24. The number of aromatic carboxylic acids is 1. The highest BCUT2D eigenvalue weighted by molar-refractivity contribution is 7.16. The van der Waals surface area contributed by atoms with Gasteiger partial charge in [0.05, 0.1) is 17.3 Å². The van der Waals surface area contributed by atoms with Gasteiger partial charge in [0.1, 0.15) is 16.5 Å². The average Bonchev–Trinajstić information content (AvgIpc) is 3.51. The number of furan rings is 1. The van der Waals surface area contributed by atoms with Crippen molar-refractivity contribution in [2.24, 2.45) is 4.99 Å². The van der Waals surface area contributed by atoms with E-state index in [0.29, 0.717) is 34.2 Å². The Labute approximate surface area is 207 Å². The molecule has 0 saturated heterocycles. The van der Waals surface area contributed by atoms with Crippen molar-refractivity contribution < 1.29 is 19.1 Å². The number of nitrogens with one attached hydrogen (secondary N) is 1. The van der Waals surface area contributed by atoms with Crippen molar-refractivity contribution >= 4 is 34.4 Å². The molecule has 1 aliphatic carbocycles. The normalized spacial score (nSPS) is 13.0. The van der Waals surface area contributed by atoms with Gasteiger partial charge >= 0.3 is 5.97 Å². The van der Waals surface area contributed by atoms with Gasteiger partial charge in [0.15, 0.2) is 0 Å². The van der Waals surface area contributed by atoms with Gasteiger partial charge in [-0.1, -0.05) is 42.5 Å². The highest BCUT2D eigenvalue weighted by Gasteiger charge is 2.25. The van der Waals surface area contributed by atoms with Crippen molar-refractivity contribution in [1.82, 2.24) is 5.32 Å². The van der Waals surface area contributed by atoms with Gasteiger partial charge in [0.2, 0.25) is 0 Å². The summed E-state index contributed by atoms with van der Waals surface area (Å²) in [5.41, 5.74) is 3.70. The standard InChI is InChI=1S/C28H24N2O4S/c31-26(29-16-18-7-2-1-3-8-18)25-22-11-4-5-12-24(22)35-27(25)30-17-21-13-14-23(34-21)19-9-6-10-20(15-19)28(32)33/h1-3,6-10,13-15,17H,4-5,11-12,16H2,(H,29,31)(H,32,33)/b30-17-. The topological polar surface area (TPSA) is 91.9 Å². The number of thiophene rings is 1. The second-order valence-corrected chi connectivity index (χ2v) is 9.49. The number of rotatable bonds is 7. The first kappa shape index (κ1) is 22.8. The summed E-state index contributed by atoms with van der Waals surface area (Å²) in [5.74, 6) is -0.00505. The van der Waals surface area contributed by atoms with Crippen LogP contribution in [0.15, 0.2) is 76.1 Å². The van der Waals surface area contributed by atoms with Gasteiger partial charge in [-0.3, -0.25) is 4.79 Å². The first-order chi connectivity index (χ1) is 17.1. The fraction of sp³-hybridized carbons (Fsp3) is 0.179. The maximum atomic E-state index is 13.2. The number of carboxylic acid groups (broad SMARTS) is 1. The molecular formula is C28H24N2O4S. The summed E-state index contributed by atoms with van der Waals surface area (Å²) >= 11 is 1.57. The second-order valence-electron chi connectivity index (χ2n) is 8.41. The maximum absolute atomic E-state index is 13.2. The third kappa shape index (κ3) is 5.10. The van der Waals surface area contributed by atoms with E-state index in [1.54, 1.807) is 53.9 Å². The molecule has 7 heteroatoms. The monoisotopic (exact) mass is 484 g/mol. The van der Waals surface area contributed by atoms with Gasteiger partial charge in [0.25, 0.3) is 5.91 Å². The summed E-state index contributed by atoms with van der Waals surface area (Å²) < 4.78 is 5.90. The average molecular weight is 485 g/mol. The molecule has 1 amide bonds. The van der Waals surface area contributed by atoms with Crippen molar-refractivity contribution in [3.63, 3.8) is 0 Å². The minimum absolute atomic E-state index is 0.106. The number of fused-ring (bicyclic) bond motifs is 1. The predicted molar refractivity (Wildman–Crippen MR) is 137 cm³/mol. The van der Waals surface area contributed by atoms with Crippen LogP contribution in [0.3, 0.4) is 0 Å². The summed E-state index contributed by atoms with van der Waals surface area (Å²) in [6.45, 7) is 0.463. The van der Waals surface area contributed by atoms with E-state index in [1.807, 2.05) is 30.3 Å². The Morgan fingerprint density at radius 1 is 1.03 bits per heavy atom. The van der Waals surface area contributed by atoms with E-state index in [4.69, 9.17) is 4.42 Å². The van der Waals surface area contributed by atoms with Gasteiger partial charge in [-0.2, -0.15) is 0 Å². The van der Waals surface area contributed by atoms with E-state index in [2.05, 4.69) is 10.3 Å². The zero-order chi connectivity index (χ0) is 24.2. The summed E-state index contributed by atoms with van der Waals surface area (Å²) in [7, 11) is 0. The Kier molecular flexibility index (Phi) is 6.59. The number of hydrogen-bond donors (Lipinski definition) is 2. The van der Waals surface area contributed by atoms with Crippen molar-refractivity contribution in [2.45, 2.75) is 32.2 Å². The number of carboxylic acids is 1. The van der Waals surface area contributed by atoms with E-state index in [-0.39, 0.29) is 11.5 Å². The van der Waals surface area contributed by atoms with Crippen molar-refractivity contribution in [3.8, 4) is 11.3 Å². The van der Waals surface area contributed by atoms with Crippen LogP contribution in [0.2, 0.25) is 0 Å². The van der Waals surface area contributed by atoms with Crippen molar-refractivity contribution in [2.75, 3.05) is 0 Å². The molecular weight excluding hydrogens is 460 g/mol. The minimum Gasteiger partial charge on any atom is -0.478 e. The first-order valence-corrected chi connectivity index (χ1v) is 12.3. The van der Waals surface area contributed by atoms with E-state index in [9.17, 15) is 14.7 Å². The lowest BCUT2D eigenvalue weighted by Gasteiger charge is -2.12. The Morgan fingerprint density at radius 2 is 1.86 bits per heavy atom. The van der Waals surface area contributed by atoms with Crippen molar-refractivity contribution in [3.05, 3.63) is 99.6 Å². The number of nitrogens with zero attached hydrogens (tertiary/aromatic N) is 1. The van der Waals surface area contributed by atoms with Gasteiger partial charge in [-0.15, -0.1) is 11.3 Å². The third-order valence-corrected chi connectivity index (χ3v) is 7.21. The SMILES string of the molecule is O=C(O)c1cccc(-c2ccc(/C=N\c3sc4c(c3C(=O)NCc3ccccc3)CCCC4)o2)c1. The smallest absolute Gasteiger partial charge is 0.335 e. The van der Waals surface area contributed by atoms with Crippen LogP contribution < -0.4 is 5.32 Å². The minimum atomic E-state index is -0.986. The molecule has 0 bridgehead atoms. The molecule has 0 radical (unpaired) electrons. The lowest BCUT2D eigenvalue weighted by molar-refractivity contribution is 0.0696.